The Labute approximate surface area is 376 Å². The van der Waals surface area contributed by atoms with E-state index in [2.05, 4.69) is 219 Å². The van der Waals surface area contributed by atoms with E-state index in [1.807, 2.05) is 0 Å². The van der Waals surface area contributed by atoms with Gasteiger partial charge in [0.2, 0.25) is 0 Å². The number of hydrogen-bond acceptors (Lipinski definition) is 4. The van der Waals surface area contributed by atoms with Crippen LogP contribution in [0.5, 0.6) is 0 Å². The maximum absolute atomic E-state index is 5.33. The summed E-state index contributed by atoms with van der Waals surface area (Å²) in [6.07, 6.45) is 12.6. The minimum Gasteiger partial charge on any atom is -0.310 e. The summed E-state index contributed by atoms with van der Waals surface area (Å²) in [5.74, 6) is 3.18. The fourth-order valence-electron chi connectivity index (χ4n) is 11.1. The van der Waals surface area contributed by atoms with Gasteiger partial charge in [-0.3, -0.25) is 0 Å². The first-order valence-corrected chi connectivity index (χ1v) is 22.9. The molecule has 2 heterocycles. The van der Waals surface area contributed by atoms with E-state index >= 15 is 0 Å². The van der Waals surface area contributed by atoms with Gasteiger partial charge < -0.3 is 4.90 Å². The maximum Gasteiger partial charge on any atom is 0.163 e. The first-order chi connectivity index (χ1) is 31.6. The average molecular weight is 825 g/mol. The molecule has 4 nitrogen and oxygen atoms in total. The molecule has 4 heteroatoms. The SMILES string of the molecule is CC1C=CC2=C(C1)C1(c3ccccc3N(c3ccccc3)c3ccccc31)c1c2cccc1-c1cccc(-c2nc(-c3ccc(-c4ccccc4)cc3)nc(C3C=CCCC3C)n2)c1. The first kappa shape index (κ1) is 38.3. The van der Waals surface area contributed by atoms with Crippen LogP contribution in [0, 0.1) is 11.8 Å². The molecule has 0 saturated carbocycles. The van der Waals surface area contributed by atoms with E-state index in [-0.39, 0.29) is 5.92 Å². The predicted molar refractivity (Wildman–Crippen MR) is 263 cm³/mol. The van der Waals surface area contributed by atoms with Gasteiger partial charge in [0, 0.05) is 22.7 Å². The van der Waals surface area contributed by atoms with Crippen LogP contribution < -0.4 is 4.90 Å². The number of anilines is 3. The van der Waals surface area contributed by atoms with Crippen molar-refractivity contribution < 1.29 is 0 Å². The lowest BCUT2D eigenvalue weighted by molar-refractivity contribution is 0.453. The van der Waals surface area contributed by atoms with Crippen molar-refractivity contribution in [3.63, 3.8) is 0 Å². The van der Waals surface area contributed by atoms with E-state index in [4.69, 9.17) is 15.0 Å². The largest absolute Gasteiger partial charge is 0.310 e. The second-order valence-electron chi connectivity index (χ2n) is 18.0. The highest BCUT2D eigenvalue weighted by Gasteiger charge is 2.54. The summed E-state index contributed by atoms with van der Waals surface area (Å²) in [5, 5.41) is 0. The molecule has 0 saturated heterocycles. The number of allylic oxidation sites excluding steroid dienone is 6. The van der Waals surface area contributed by atoms with Gasteiger partial charge in [0.15, 0.2) is 11.6 Å². The molecule has 4 aliphatic rings. The van der Waals surface area contributed by atoms with Crippen LogP contribution in [-0.4, -0.2) is 15.0 Å². The second kappa shape index (κ2) is 15.4. The zero-order valence-electron chi connectivity index (χ0n) is 36.2. The normalized spacial score (nSPS) is 19.0. The number of benzene rings is 7. The molecule has 64 heavy (non-hydrogen) atoms. The summed E-state index contributed by atoms with van der Waals surface area (Å²) in [6, 6.07) is 64.1. The number of fused-ring (bicyclic) bond motifs is 8. The number of hydrogen-bond donors (Lipinski definition) is 0. The Kier molecular flexibility index (Phi) is 9.22. The molecule has 0 amide bonds. The summed E-state index contributed by atoms with van der Waals surface area (Å²) in [6.45, 7) is 4.68. The van der Waals surface area contributed by atoms with E-state index in [0.29, 0.717) is 23.5 Å². The van der Waals surface area contributed by atoms with Gasteiger partial charge in [-0.2, -0.15) is 0 Å². The molecule has 0 N–H and O–H groups in total. The van der Waals surface area contributed by atoms with Crippen LogP contribution in [0.2, 0.25) is 0 Å². The molecule has 7 aromatic carbocycles. The highest BCUT2D eigenvalue weighted by molar-refractivity contribution is 6.00. The van der Waals surface area contributed by atoms with Crippen LogP contribution in [0.15, 0.2) is 206 Å². The third kappa shape index (κ3) is 6.07. The highest BCUT2D eigenvalue weighted by Crippen LogP contribution is 2.65. The van der Waals surface area contributed by atoms with Crippen LogP contribution in [0.25, 0.3) is 50.6 Å². The number of aromatic nitrogens is 3. The van der Waals surface area contributed by atoms with Gasteiger partial charge in [-0.05, 0) is 117 Å². The van der Waals surface area contributed by atoms with E-state index < -0.39 is 5.41 Å². The van der Waals surface area contributed by atoms with Crippen LogP contribution in [0.1, 0.15) is 67.1 Å². The van der Waals surface area contributed by atoms with Crippen molar-refractivity contribution >= 4 is 22.6 Å². The van der Waals surface area contributed by atoms with E-state index in [0.717, 1.165) is 47.5 Å². The first-order valence-electron chi connectivity index (χ1n) is 22.9. The maximum atomic E-state index is 5.33. The third-order valence-electron chi connectivity index (χ3n) is 14.1. The lowest BCUT2D eigenvalue weighted by atomic mass is 9.61. The number of para-hydroxylation sites is 3. The van der Waals surface area contributed by atoms with Crippen molar-refractivity contribution in [2.45, 2.75) is 44.4 Å². The average Bonchev–Trinajstić information content (AvgIpc) is 3.64. The Morgan fingerprint density at radius 2 is 1.12 bits per heavy atom. The van der Waals surface area contributed by atoms with Gasteiger partial charge in [-0.25, -0.2) is 15.0 Å². The molecule has 12 rings (SSSR count). The van der Waals surface area contributed by atoms with E-state index in [1.54, 1.807) is 0 Å². The molecule has 1 spiro atoms. The van der Waals surface area contributed by atoms with Gasteiger partial charge in [-0.1, -0.05) is 184 Å². The summed E-state index contributed by atoms with van der Waals surface area (Å²) in [7, 11) is 0. The predicted octanol–water partition coefficient (Wildman–Crippen LogP) is 15.1. The zero-order chi connectivity index (χ0) is 42.8. The molecule has 0 bridgehead atoms. The van der Waals surface area contributed by atoms with E-state index in [1.165, 1.54) is 61.5 Å². The molecule has 3 aliphatic carbocycles. The quantitative estimate of drug-likeness (QED) is 0.157. The molecule has 1 aliphatic heterocycles. The van der Waals surface area contributed by atoms with Crippen LogP contribution in [0.3, 0.4) is 0 Å². The van der Waals surface area contributed by atoms with Crippen molar-refractivity contribution in [1.82, 2.24) is 15.0 Å². The molecular weight excluding hydrogens is 777 g/mol. The van der Waals surface area contributed by atoms with Gasteiger partial charge in [-0.15, -0.1) is 0 Å². The molecule has 3 unspecified atom stereocenters. The van der Waals surface area contributed by atoms with Crippen molar-refractivity contribution in [2.24, 2.45) is 11.8 Å². The number of rotatable bonds is 6. The molecule has 0 radical (unpaired) electrons. The van der Waals surface area contributed by atoms with Gasteiger partial charge >= 0.3 is 0 Å². The standard InChI is InChI=1S/C60H48N4/c1-39-31-36-49-50-26-16-25-48(56(50)60(53(49)37-39)51-27-11-13-29-54(51)64(46-22-7-4-8-23-46)55-30-14-12-28-52(55)60)44-20-15-21-45(38-44)58-61-57(62-59(63-58)47-24-10-9-17-40(47)2)43-34-32-42(33-35-43)41-18-5-3-6-19-41/h3-8,10-16,18-36,38-40,47H,9,17,37H2,1-2H3. The monoisotopic (exact) mass is 824 g/mol. The Morgan fingerprint density at radius 3 is 1.86 bits per heavy atom. The van der Waals surface area contributed by atoms with Crippen LogP contribution >= 0.6 is 0 Å². The Bertz CT molecular complexity index is 3130. The van der Waals surface area contributed by atoms with Gasteiger partial charge in [0.1, 0.15) is 5.82 Å². The highest BCUT2D eigenvalue weighted by atomic mass is 15.2. The van der Waals surface area contributed by atoms with Gasteiger partial charge in [0.05, 0.1) is 16.8 Å². The van der Waals surface area contributed by atoms with Crippen molar-refractivity contribution in [3.8, 4) is 45.0 Å². The van der Waals surface area contributed by atoms with Crippen molar-refractivity contribution in [2.75, 3.05) is 4.90 Å². The summed E-state index contributed by atoms with van der Waals surface area (Å²) in [5.41, 5.74) is 17.9. The topological polar surface area (TPSA) is 41.9 Å². The fraction of sp³-hybridized carbons (Fsp3) is 0.150. The molecule has 0 fully saturated rings. The fourth-order valence-corrected chi connectivity index (χ4v) is 11.1. The van der Waals surface area contributed by atoms with E-state index in [9.17, 15) is 0 Å². The molecular formula is C60H48N4. The van der Waals surface area contributed by atoms with Crippen molar-refractivity contribution in [3.05, 3.63) is 234 Å². The Hall–Kier alpha value is -7.43. The Morgan fingerprint density at radius 1 is 0.531 bits per heavy atom. The molecule has 308 valence electrons. The third-order valence-corrected chi connectivity index (χ3v) is 14.1. The minimum atomic E-state index is -0.516. The molecule has 8 aromatic rings. The van der Waals surface area contributed by atoms with Crippen LogP contribution in [-0.2, 0) is 5.41 Å². The van der Waals surface area contributed by atoms with Gasteiger partial charge in [0.25, 0.3) is 0 Å². The van der Waals surface area contributed by atoms with Crippen molar-refractivity contribution in [1.29, 1.82) is 0 Å². The lowest BCUT2D eigenvalue weighted by Gasteiger charge is -2.47. The molecule has 3 atom stereocenters. The number of nitrogens with zero attached hydrogens (tertiary/aromatic N) is 4. The smallest absolute Gasteiger partial charge is 0.163 e. The second-order valence-corrected chi connectivity index (χ2v) is 18.0. The molecule has 1 aromatic heterocycles. The summed E-state index contributed by atoms with van der Waals surface area (Å²) >= 11 is 0. The summed E-state index contributed by atoms with van der Waals surface area (Å²) in [4.78, 5) is 18.3. The zero-order valence-corrected chi connectivity index (χ0v) is 36.2. The lowest BCUT2D eigenvalue weighted by Crippen LogP contribution is -2.38. The van der Waals surface area contributed by atoms with Crippen LogP contribution in [0.4, 0.5) is 17.1 Å². The minimum absolute atomic E-state index is 0.119. The summed E-state index contributed by atoms with van der Waals surface area (Å²) < 4.78 is 0. The Balaban J connectivity index is 1.05.